The molecule has 0 atom stereocenters. The molecule has 1 N–H and O–H groups in total. The number of H-pyrrole nitrogens is 1. The van der Waals surface area contributed by atoms with Crippen molar-refractivity contribution in [1.82, 2.24) is 19.7 Å². The molecule has 0 aliphatic carbocycles. The molecule has 2 aromatic rings. The third-order valence-electron chi connectivity index (χ3n) is 2.15. The van der Waals surface area contributed by atoms with Crippen LogP contribution in [0.2, 0.25) is 0 Å². The molecule has 2 rings (SSSR count). The summed E-state index contributed by atoms with van der Waals surface area (Å²) in [6.07, 6.45) is 2.33. The van der Waals surface area contributed by atoms with Gasteiger partial charge in [0.1, 0.15) is 5.03 Å². The molecule has 88 valence electrons. The van der Waals surface area contributed by atoms with Gasteiger partial charge < -0.3 is 0 Å². The van der Waals surface area contributed by atoms with Crippen molar-refractivity contribution < 1.29 is 4.79 Å². The Morgan fingerprint density at radius 2 is 2.41 bits per heavy atom. The third-order valence-corrected chi connectivity index (χ3v) is 3.18. The summed E-state index contributed by atoms with van der Waals surface area (Å²) >= 11 is 1.19. The second kappa shape index (κ2) is 4.96. The molecule has 17 heavy (non-hydrogen) atoms. The van der Waals surface area contributed by atoms with Gasteiger partial charge in [0, 0.05) is 18.3 Å². The quantitative estimate of drug-likeness (QED) is 0.817. The Labute approximate surface area is 101 Å². The number of pyridine rings is 1. The summed E-state index contributed by atoms with van der Waals surface area (Å²) in [6, 6.07) is 3.36. The summed E-state index contributed by atoms with van der Waals surface area (Å²) in [5, 5.41) is 7.29. The molecule has 2 aromatic heterocycles. The zero-order valence-corrected chi connectivity index (χ0v) is 9.90. The summed E-state index contributed by atoms with van der Waals surface area (Å²) in [4.78, 5) is 26.3. The molecule has 0 aromatic carbocycles. The van der Waals surface area contributed by atoms with E-state index in [0.717, 1.165) is 6.29 Å². The summed E-state index contributed by atoms with van der Waals surface area (Å²) in [5.74, 6) is 0. The molecule has 0 aliphatic heterocycles. The van der Waals surface area contributed by atoms with Crippen LogP contribution in [-0.2, 0) is 6.54 Å². The van der Waals surface area contributed by atoms with E-state index in [1.165, 1.54) is 16.3 Å². The van der Waals surface area contributed by atoms with Gasteiger partial charge in [-0.3, -0.25) is 9.36 Å². The maximum absolute atomic E-state index is 11.4. The molecule has 0 radical (unpaired) electrons. The van der Waals surface area contributed by atoms with Gasteiger partial charge in [-0.05, 0) is 30.8 Å². The topological polar surface area (TPSA) is 80.6 Å². The van der Waals surface area contributed by atoms with Gasteiger partial charge in [-0.15, -0.1) is 5.10 Å². The van der Waals surface area contributed by atoms with E-state index >= 15 is 0 Å². The molecule has 6 nitrogen and oxygen atoms in total. The first-order chi connectivity index (χ1) is 8.26. The number of aldehydes is 1. The predicted molar refractivity (Wildman–Crippen MR) is 62.3 cm³/mol. The highest BCUT2D eigenvalue weighted by Gasteiger charge is 2.11. The molecular weight excluding hydrogens is 240 g/mol. The Balaban J connectivity index is 2.37. The molecule has 0 spiro atoms. The van der Waals surface area contributed by atoms with Gasteiger partial charge in [-0.1, -0.05) is 0 Å². The maximum atomic E-state index is 11.4. The molecule has 0 bridgehead atoms. The Hall–Kier alpha value is -1.89. The van der Waals surface area contributed by atoms with E-state index in [1.54, 1.807) is 18.3 Å². The van der Waals surface area contributed by atoms with Crippen LogP contribution < -0.4 is 5.69 Å². The lowest BCUT2D eigenvalue weighted by atomic mass is 10.3. The number of carbonyl (C=O) groups excluding carboxylic acids is 1. The molecule has 0 amide bonds. The fourth-order valence-electron chi connectivity index (χ4n) is 1.32. The van der Waals surface area contributed by atoms with Crippen molar-refractivity contribution in [3.05, 3.63) is 34.4 Å². The highest BCUT2D eigenvalue weighted by molar-refractivity contribution is 7.99. The Bertz CT molecular complexity index is 590. The van der Waals surface area contributed by atoms with Crippen molar-refractivity contribution in [3.8, 4) is 0 Å². The molecular formula is C10H10N4O2S. The van der Waals surface area contributed by atoms with E-state index in [1.807, 2.05) is 6.92 Å². The van der Waals surface area contributed by atoms with Gasteiger partial charge in [0.05, 0.1) is 0 Å². The van der Waals surface area contributed by atoms with Crippen molar-refractivity contribution in [3.63, 3.8) is 0 Å². The number of aromatic nitrogens is 4. The number of rotatable bonds is 4. The minimum atomic E-state index is -0.265. The highest BCUT2D eigenvalue weighted by atomic mass is 32.2. The van der Waals surface area contributed by atoms with Crippen LogP contribution in [0.15, 0.2) is 33.3 Å². The highest BCUT2D eigenvalue weighted by Crippen LogP contribution is 2.25. The van der Waals surface area contributed by atoms with Crippen molar-refractivity contribution in [2.24, 2.45) is 0 Å². The maximum Gasteiger partial charge on any atom is 0.343 e. The van der Waals surface area contributed by atoms with Crippen LogP contribution in [0.1, 0.15) is 17.3 Å². The number of hydrogen-bond donors (Lipinski definition) is 1. The second-order valence-electron chi connectivity index (χ2n) is 3.17. The van der Waals surface area contributed by atoms with E-state index in [2.05, 4.69) is 15.2 Å². The van der Waals surface area contributed by atoms with Crippen molar-refractivity contribution >= 4 is 18.0 Å². The van der Waals surface area contributed by atoms with Gasteiger partial charge in [0.25, 0.3) is 0 Å². The summed E-state index contributed by atoms with van der Waals surface area (Å²) in [6.45, 7) is 2.36. The monoisotopic (exact) mass is 250 g/mol. The first-order valence-corrected chi connectivity index (χ1v) is 5.81. The Morgan fingerprint density at radius 1 is 1.59 bits per heavy atom. The third kappa shape index (κ3) is 2.28. The number of aromatic amines is 1. The largest absolute Gasteiger partial charge is 0.343 e. The van der Waals surface area contributed by atoms with E-state index < -0.39 is 0 Å². The molecule has 0 aliphatic rings. The molecule has 7 heteroatoms. The molecule has 0 unspecified atom stereocenters. The number of nitrogens with zero attached hydrogens (tertiary/aromatic N) is 3. The average Bonchev–Trinajstić information content (AvgIpc) is 2.70. The fourth-order valence-corrected chi connectivity index (χ4v) is 2.26. The van der Waals surface area contributed by atoms with E-state index in [4.69, 9.17) is 0 Å². The molecule has 0 saturated heterocycles. The van der Waals surface area contributed by atoms with Gasteiger partial charge in [0.15, 0.2) is 11.4 Å². The van der Waals surface area contributed by atoms with Crippen molar-refractivity contribution in [1.29, 1.82) is 0 Å². The van der Waals surface area contributed by atoms with Crippen LogP contribution in [0.5, 0.6) is 0 Å². The van der Waals surface area contributed by atoms with Crippen molar-refractivity contribution in [2.45, 2.75) is 23.7 Å². The zero-order chi connectivity index (χ0) is 12.3. The number of nitrogens with one attached hydrogen (secondary N) is 1. The van der Waals surface area contributed by atoms with Gasteiger partial charge in [0.2, 0.25) is 0 Å². The van der Waals surface area contributed by atoms with Gasteiger partial charge in [-0.25, -0.2) is 14.9 Å². The zero-order valence-electron chi connectivity index (χ0n) is 9.08. The molecule has 0 saturated carbocycles. The average molecular weight is 250 g/mol. The van der Waals surface area contributed by atoms with Crippen LogP contribution >= 0.6 is 11.8 Å². The lowest BCUT2D eigenvalue weighted by Crippen LogP contribution is -2.16. The smallest absolute Gasteiger partial charge is 0.298 e. The summed E-state index contributed by atoms with van der Waals surface area (Å²) in [7, 11) is 0. The lowest BCUT2D eigenvalue weighted by Gasteiger charge is -2.02. The van der Waals surface area contributed by atoms with E-state index in [0.29, 0.717) is 22.3 Å². The van der Waals surface area contributed by atoms with E-state index in [-0.39, 0.29) is 5.69 Å². The standard InChI is InChI=1S/C10H10N4O2S/c1-2-14-9(16)12-13-10(14)17-8-7(6-15)4-3-5-11-8/h3-6H,2H2,1H3,(H,12,16). The fraction of sp³-hybridized carbons (Fsp3) is 0.200. The second-order valence-corrected chi connectivity index (χ2v) is 4.13. The van der Waals surface area contributed by atoms with Crippen LogP contribution in [0.25, 0.3) is 0 Å². The SMILES string of the molecule is CCn1c(Sc2ncccc2C=O)n[nH]c1=O. The number of carbonyl (C=O) groups is 1. The minimum Gasteiger partial charge on any atom is -0.298 e. The Morgan fingerprint density at radius 3 is 3.12 bits per heavy atom. The van der Waals surface area contributed by atoms with Crippen LogP contribution in [0.3, 0.4) is 0 Å². The minimum absolute atomic E-state index is 0.265. The summed E-state index contributed by atoms with van der Waals surface area (Å²) in [5.41, 5.74) is 0.217. The van der Waals surface area contributed by atoms with E-state index in [9.17, 15) is 9.59 Å². The lowest BCUT2D eigenvalue weighted by molar-refractivity contribution is 0.112. The van der Waals surface area contributed by atoms with Crippen LogP contribution in [-0.4, -0.2) is 26.0 Å². The first-order valence-electron chi connectivity index (χ1n) is 4.99. The van der Waals surface area contributed by atoms with Gasteiger partial charge in [-0.2, -0.15) is 0 Å². The number of hydrogen-bond acceptors (Lipinski definition) is 5. The Kier molecular flexibility index (Phi) is 3.38. The van der Waals surface area contributed by atoms with Gasteiger partial charge >= 0.3 is 5.69 Å². The molecule has 0 fully saturated rings. The van der Waals surface area contributed by atoms with Crippen molar-refractivity contribution in [2.75, 3.05) is 0 Å². The van der Waals surface area contributed by atoms with Crippen LogP contribution in [0.4, 0.5) is 0 Å². The normalized spacial score (nSPS) is 10.4. The predicted octanol–water partition coefficient (Wildman–Crippen LogP) is 0.950. The summed E-state index contributed by atoms with van der Waals surface area (Å²) < 4.78 is 1.48. The molecule has 2 heterocycles. The van der Waals surface area contributed by atoms with Crippen LogP contribution in [0, 0.1) is 0 Å². The first kappa shape index (κ1) is 11.6.